The van der Waals surface area contributed by atoms with Crippen LogP contribution in [0.5, 0.6) is 5.75 Å². The van der Waals surface area contributed by atoms with E-state index in [1.54, 1.807) is 0 Å². The van der Waals surface area contributed by atoms with Crippen LogP contribution in [0.15, 0.2) is 29.1 Å². The molecule has 0 radical (unpaired) electrons. The fourth-order valence-corrected chi connectivity index (χ4v) is 2.76. The second-order valence-corrected chi connectivity index (χ2v) is 5.70. The van der Waals surface area contributed by atoms with Crippen molar-refractivity contribution in [3.05, 3.63) is 40.2 Å². The number of nitrogens with one attached hydrogen (secondary N) is 1. The van der Waals surface area contributed by atoms with Crippen LogP contribution in [-0.2, 0) is 6.42 Å². The Morgan fingerprint density at radius 3 is 2.43 bits per heavy atom. The number of pyridine rings is 1. The largest absolute Gasteiger partial charge is 0.507 e. The molecule has 0 saturated heterocycles. The number of benzene rings is 1. The zero-order valence-corrected chi connectivity index (χ0v) is 12.8. The lowest BCUT2D eigenvalue weighted by atomic mass is 10.0. The summed E-state index contributed by atoms with van der Waals surface area (Å²) in [6.45, 7) is 2.22. The molecular formula is C18H25NO2. The van der Waals surface area contributed by atoms with Crippen LogP contribution in [0.3, 0.4) is 0 Å². The van der Waals surface area contributed by atoms with E-state index in [-0.39, 0.29) is 11.3 Å². The summed E-state index contributed by atoms with van der Waals surface area (Å²) in [5.74, 6) is 0.153. The van der Waals surface area contributed by atoms with Crippen molar-refractivity contribution in [3.63, 3.8) is 0 Å². The molecule has 2 N–H and O–H groups in total. The highest BCUT2D eigenvalue weighted by molar-refractivity contribution is 5.85. The number of para-hydroxylation sites is 1. The molecule has 2 rings (SSSR count). The van der Waals surface area contributed by atoms with Crippen molar-refractivity contribution in [1.29, 1.82) is 0 Å². The first kappa shape index (κ1) is 15.6. The van der Waals surface area contributed by atoms with Gasteiger partial charge in [-0.05, 0) is 25.0 Å². The fourth-order valence-electron chi connectivity index (χ4n) is 2.76. The first-order chi connectivity index (χ1) is 10.2. The number of unbranched alkanes of at least 4 members (excludes halogenated alkanes) is 6. The quantitative estimate of drug-likeness (QED) is 0.701. The Labute approximate surface area is 126 Å². The molecule has 3 nitrogen and oxygen atoms in total. The summed E-state index contributed by atoms with van der Waals surface area (Å²) in [6, 6.07) is 7.38. The summed E-state index contributed by atoms with van der Waals surface area (Å²) >= 11 is 0. The number of aromatic amines is 1. The Morgan fingerprint density at radius 1 is 1.00 bits per heavy atom. The monoisotopic (exact) mass is 287 g/mol. The molecule has 0 aliphatic carbocycles. The van der Waals surface area contributed by atoms with Gasteiger partial charge >= 0.3 is 0 Å². The van der Waals surface area contributed by atoms with Gasteiger partial charge in [0, 0.05) is 5.39 Å². The van der Waals surface area contributed by atoms with Crippen molar-refractivity contribution in [1.82, 2.24) is 4.98 Å². The summed E-state index contributed by atoms with van der Waals surface area (Å²) in [6.07, 6.45) is 9.10. The third-order valence-electron chi connectivity index (χ3n) is 4.02. The minimum atomic E-state index is -0.155. The fraction of sp³-hybridized carbons (Fsp3) is 0.500. The smallest absolute Gasteiger partial charge is 0.255 e. The van der Waals surface area contributed by atoms with Crippen molar-refractivity contribution >= 4 is 10.9 Å². The highest BCUT2D eigenvalue weighted by Crippen LogP contribution is 2.25. The number of aromatic nitrogens is 1. The molecule has 1 heterocycles. The molecule has 0 aliphatic heterocycles. The van der Waals surface area contributed by atoms with E-state index in [0.717, 1.165) is 18.2 Å². The Kier molecular flexibility index (Phi) is 5.85. The van der Waals surface area contributed by atoms with Gasteiger partial charge in [-0.2, -0.15) is 0 Å². The van der Waals surface area contributed by atoms with Gasteiger partial charge < -0.3 is 10.1 Å². The van der Waals surface area contributed by atoms with Gasteiger partial charge in [0.15, 0.2) is 0 Å². The van der Waals surface area contributed by atoms with Gasteiger partial charge in [-0.1, -0.05) is 57.6 Å². The maximum absolute atomic E-state index is 12.0. The van der Waals surface area contributed by atoms with E-state index in [0.29, 0.717) is 17.5 Å². The molecule has 0 atom stereocenters. The van der Waals surface area contributed by atoms with E-state index in [2.05, 4.69) is 11.9 Å². The van der Waals surface area contributed by atoms with Gasteiger partial charge in [0.25, 0.3) is 5.56 Å². The maximum Gasteiger partial charge on any atom is 0.255 e. The molecule has 0 saturated carbocycles. The van der Waals surface area contributed by atoms with Crippen molar-refractivity contribution < 1.29 is 5.11 Å². The molecule has 0 unspecified atom stereocenters. The molecule has 1 aromatic heterocycles. The van der Waals surface area contributed by atoms with Crippen molar-refractivity contribution in [2.45, 2.75) is 58.3 Å². The summed E-state index contributed by atoms with van der Waals surface area (Å²) < 4.78 is 0. The molecule has 3 heteroatoms. The second kappa shape index (κ2) is 7.87. The summed E-state index contributed by atoms with van der Waals surface area (Å²) in [7, 11) is 0. The van der Waals surface area contributed by atoms with Gasteiger partial charge in [-0.25, -0.2) is 0 Å². The summed E-state index contributed by atoms with van der Waals surface area (Å²) in [5, 5.41) is 11.0. The number of hydrogen-bond donors (Lipinski definition) is 2. The minimum absolute atomic E-state index is 0.153. The Hall–Kier alpha value is -1.77. The van der Waals surface area contributed by atoms with E-state index in [1.165, 1.54) is 32.1 Å². The normalized spacial score (nSPS) is 11.1. The molecule has 21 heavy (non-hydrogen) atoms. The third kappa shape index (κ3) is 4.10. The molecule has 114 valence electrons. The van der Waals surface area contributed by atoms with E-state index in [9.17, 15) is 9.90 Å². The van der Waals surface area contributed by atoms with Gasteiger partial charge in [-0.3, -0.25) is 4.79 Å². The Morgan fingerprint density at radius 2 is 1.67 bits per heavy atom. The number of H-pyrrole nitrogens is 1. The molecule has 0 spiro atoms. The van der Waals surface area contributed by atoms with Gasteiger partial charge in [-0.15, -0.1) is 0 Å². The van der Waals surface area contributed by atoms with E-state index < -0.39 is 0 Å². The zero-order valence-electron chi connectivity index (χ0n) is 12.8. The minimum Gasteiger partial charge on any atom is -0.507 e. The predicted octanol–water partition coefficient (Wildman–Crippen LogP) is 4.53. The predicted molar refractivity (Wildman–Crippen MR) is 87.9 cm³/mol. The maximum atomic E-state index is 12.0. The lowest BCUT2D eigenvalue weighted by Crippen LogP contribution is -2.12. The van der Waals surface area contributed by atoms with Crippen LogP contribution in [0.4, 0.5) is 0 Å². The van der Waals surface area contributed by atoms with Gasteiger partial charge in [0.1, 0.15) is 5.75 Å². The summed E-state index contributed by atoms with van der Waals surface area (Å²) in [5.41, 5.74) is 1.07. The average Bonchev–Trinajstić information content (AvgIpc) is 2.49. The van der Waals surface area contributed by atoms with Crippen molar-refractivity contribution in [2.75, 3.05) is 0 Å². The van der Waals surface area contributed by atoms with Gasteiger partial charge in [0.2, 0.25) is 0 Å². The Bertz CT molecular complexity index is 631. The van der Waals surface area contributed by atoms with Crippen LogP contribution in [0, 0.1) is 0 Å². The molecule has 0 amide bonds. The van der Waals surface area contributed by atoms with Crippen LogP contribution < -0.4 is 5.56 Å². The third-order valence-corrected chi connectivity index (χ3v) is 4.02. The molecule has 0 aliphatic rings. The lowest BCUT2D eigenvalue weighted by Gasteiger charge is -2.07. The summed E-state index contributed by atoms with van der Waals surface area (Å²) in [4.78, 5) is 14.9. The first-order valence-corrected chi connectivity index (χ1v) is 8.07. The SMILES string of the molecule is CCCCCCCCCc1c(O)c2ccccc2[nH]c1=O. The first-order valence-electron chi connectivity index (χ1n) is 8.07. The topological polar surface area (TPSA) is 53.1 Å². The molecular weight excluding hydrogens is 262 g/mol. The van der Waals surface area contributed by atoms with Crippen LogP contribution >= 0.6 is 0 Å². The zero-order chi connectivity index (χ0) is 15.1. The van der Waals surface area contributed by atoms with Crippen LogP contribution in [0.1, 0.15) is 57.4 Å². The van der Waals surface area contributed by atoms with E-state index in [1.807, 2.05) is 24.3 Å². The lowest BCUT2D eigenvalue weighted by molar-refractivity contribution is 0.470. The highest BCUT2D eigenvalue weighted by Gasteiger charge is 2.10. The number of rotatable bonds is 8. The Balaban J connectivity index is 1.94. The average molecular weight is 287 g/mol. The molecule has 0 bridgehead atoms. The standard InChI is InChI=1S/C18H25NO2/c1-2-3-4-5-6-7-8-12-15-17(20)14-11-9-10-13-16(14)19-18(15)21/h9-11,13H,2-8,12H2,1H3,(H2,19,20,21). The number of hydrogen-bond acceptors (Lipinski definition) is 2. The number of fused-ring (bicyclic) bond motifs is 1. The van der Waals surface area contributed by atoms with Gasteiger partial charge in [0.05, 0.1) is 11.1 Å². The van der Waals surface area contributed by atoms with Crippen LogP contribution in [0.2, 0.25) is 0 Å². The molecule has 2 aromatic rings. The van der Waals surface area contributed by atoms with Crippen molar-refractivity contribution in [3.8, 4) is 5.75 Å². The van der Waals surface area contributed by atoms with Crippen LogP contribution in [-0.4, -0.2) is 10.1 Å². The highest BCUT2D eigenvalue weighted by atomic mass is 16.3. The van der Waals surface area contributed by atoms with Crippen LogP contribution in [0.25, 0.3) is 10.9 Å². The van der Waals surface area contributed by atoms with E-state index in [4.69, 9.17) is 0 Å². The number of aromatic hydroxyl groups is 1. The molecule has 0 fully saturated rings. The van der Waals surface area contributed by atoms with E-state index >= 15 is 0 Å². The van der Waals surface area contributed by atoms with Crippen molar-refractivity contribution in [2.24, 2.45) is 0 Å². The molecule has 1 aromatic carbocycles. The second-order valence-electron chi connectivity index (χ2n) is 5.70.